The average Bonchev–Trinajstić information content (AvgIpc) is 2.79. The summed E-state index contributed by atoms with van der Waals surface area (Å²) in [6.45, 7) is 0.675. The Labute approximate surface area is 109 Å². The first-order chi connectivity index (χ1) is 8.20. The molecule has 0 saturated carbocycles. The van der Waals surface area contributed by atoms with Crippen LogP contribution in [-0.2, 0) is 16.1 Å². The first kappa shape index (κ1) is 12.6. The summed E-state index contributed by atoms with van der Waals surface area (Å²) >= 11 is 7.49. The molecule has 1 heterocycles. The highest BCUT2D eigenvalue weighted by molar-refractivity contribution is 7.99. The maximum absolute atomic E-state index is 11.4. The molecular formula is C12H12ClNO2S. The SMILES string of the molecule is O=CC(=O)C1CSCN1Cc1ccc(Cl)cc1. The molecule has 1 aromatic rings. The van der Waals surface area contributed by atoms with E-state index < -0.39 is 0 Å². The molecule has 0 aromatic heterocycles. The Morgan fingerprint density at radius 3 is 2.82 bits per heavy atom. The molecule has 0 N–H and O–H groups in total. The fourth-order valence-electron chi connectivity index (χ4n) is 1.80. The Bertz CT molecular complexity index is 421. The maximum atomic E-state index is 11.4. The molecule has 1 fully saturated rings. The van der Waals surface area contributed by atoms with E-state index in [2.05, 4.69) is 0 Å². The fourth-order valence-corrected chi connectivity index (χ4v) is 3.13. The molecule has 1 aromatic carbocycles. The second-order valence-electron chi connectivity index (χ2n) is 3.91. The van der Waals surface area contributed by atoms with Crippen molar-refractivity contribution in [1.82, 2.24) is 4.90 Å². The summed E-state index contributed by atoms with van der Waals surface area (Å²) < 4.78 is 0. The van der Waals surface area contributed by atoms with Gasteiger partial charge in [0.2, 0.25) is 5.78 Å². The third-order valence-electron chi connectivity index (χ3n) is 2.72. The molecule has 17 heavy (non-hydrogen) atoms. The summed E-state index contributed by atoms with van der Waals surface area (Å²) in [7, 11) is 0. The van der Waals surface area contributed by atoms with Crippen LogP contribution in [0.4, 0.5) is 0 Å². The van der Waals surface area contributed by atoms with Gasteiger partial charge in [-0.3, -0.25) is 14.5 Å². The first-order valence-electron chi connectivity index (χ1n) is 5.26. The van der Waals surface area contributed by atoms with Crippen LogP contribution in [0.5, 0.6) is 0 Å². The number of ketones is 1. The second kappa shape index (κ2) is 5.67. The normalized spacial score (nSPS) is 20.4. The highest BCUT2D eigenvalue weighted by Crippen LogP contribution is 2.23. The minimum absolute atomic E-state index is 0.270. The van der Waals surface area contributed by atoms with E-state index in [9.17, 15) is 9.59 Å². The fraction of sp³-hybridized carbons (Fsp3) is 0.333. The van der Waals surface area contributed by atoms with Crippen LogP contribution in [0.1, 0.15) is 5.56 Å². The minimum Gasteiger partial charge on any atom is -0.295 e. The van der Waals surface area contributed by atoms with Gasteiger partial charge in [0, 0.05) is 23.2 Å². The van der Waals surface area contributed by atoms with Crippen molar-refractivity contribution in [2.24, 2.45) is 0 Å². The standard InChI is InChI=1S/C12H12ClNO2S/c13-10-3-1-9(2-4-10)5-14-8-17-7-11(14)12(16)6-15/h1-4,6,11H,5,7-8H2. The van der Waals surface area contributed by atoms with Gasteiger partial charge in [-0.05, 0) is 17.7 Å². The van der Waals surface area contributed by atoms with Gasteiger partial charge in [-0.2, -0.15) is 0 Å². The molecule has 0 aliphatic carbocycles. The molecule has 2 rings (SSSR count). The van der Waals surface area contributed by atoms with Crippen LogP contribution in [0.2, 0.25) is 5.02 Å². The monoisotopic (exact) mass is 269 g/mol. The summed E-state index contributed by atoms with van der Waals surface area (Å²) in [5, 5.41) is 0.699. The number of hydrogen-bond acceptors (Lipinski definition) is 4. The van der Waals surface area contributed by atoms with Gasteiger partial charge in [0.25, 0.3) is 0 Å². The maximum Gasteiger partial charge on any atom is 0.213 e. The smallest absolute Gasteiger partial charge is 0.213 e. The van der Waals surface area contributed by atoms with Crippen molar-refractivity contribution in [2.45, 2.75) is 12.6 Å². The molecule has 3 nitrogen and oxygen atoms in total. The number of carbonyl (C=O) groups is 2. The van der Waals surface area contributed by atoms with Gasteiger partial charge in [0.15, 0.2) is 6.29 Å². The zero-order chi connectivity index (χ0) is 12.3. The summed E-state index contributed by atoms with van der Waals surface area (Å²) in [5.41, 5.74) is 1.10. The van der Waals surface area contributed by atoms with Gasteiger partial charge in [-0.15, -0.1) is 11.8 Å². The Hall–Kier alpha value is -0.840. The lowest BCUT2D eigenvalue weighted by Gasteiger charge is -2.20. The molecule has 1 unspecified atom stereocenters. The van der Waals surface area contributed by atoms with Crippen molar-refractivity contribution in [2.75, 3.05) is 11.6 Å². The first-order valence-corrected chi connectivity index (χ1v) is 6.79. The van der Waals surface area contributed by atoms with Crippen molar-refractivity contribution < 1.29 is 9.59 Å². The molecule has 0 radical (unpaired) electrons. The van der Waals surface area contributed by atoms with Gasteiger partial charge in [-0.25, -0.2) is 0 Å². The molecule has 1 aliphatic heterocycles. The number of rotatable bonds is 4. The van der Waals surface area contributed by atoms with E-state index in [0.29, 0.717) is 23.6 Å². The van der Waals surface area contributed by atoms with E-state index >= 15 is 0 Å². The molecule has 90 valence electrons. The van der Waals surface area contributed by atoms with Crippen LogP contribution < -0.4 is 0 Å². The summed E-state index contributed by atoms with van der Waals surface area (Å²) in [4.78, 5) is 24.0. The molecule has 1 atom stereocenters. The lowest BCUT2D eigenvalue weighted by molar-refractivity contribution is -0.132. The summed E-state index contributed by atoms with van der Waals surface area (Å²) in [6.07, 6.45) is 0.422. The number of carbonyl (C=O) groups excluding carboxylic acids is 2. The molecule has 1 saturated heterocycles. The van der Waals surface area contributed by atoms with Crippen molar-refractivity contribution in [3.63, 3.8) is 0 Å². The van der Waals surface area contributed by atoms with Crippen LogP contribution >= 0.6 is 23.4 Å². The van der Waals surface area contributed by atoms with Gasteiger partial charge in [0.05, 0.1) is 6.04 Å². The lowest BCUT2D eigenvalue weighted by atomic mass is 10.1. The van der Waals surface area contributed by atoms with E-state index in [-0.39, 0.29) is 11.8 Å². The number of Topliss-reactive ketones (excluding diaryl/α,β-unsaturated/α-hetero) is 1. The number of aldehydes is 1. The number of nitrogens with zero attached hydrogens (tertiary/aromatic N) is 1. The number of benzene rings is 1. The third-order valence-corrected chi connectivity index (χ3v) is 4.03. The van der Waals surface area contributed by atoms with Gasteiger partial charge in [0.1, 0.15) is 0 Å². The Morgan fingerprint density at radius 2 is 2.18 bits per heavy atom. The van der Waals surface area contributed by atoms with E-state index in [1.54, 1.807) is 11.8 Å². The molecular weight excluding hydrogens is 258 g/mol. The minimum atomic E-state index is -0.330. The molecule has 0 bridgehead atoms. The average molecular weight is 270 g/mol. The number of hydrogen-bond donors (Lipinski definition) is 0. The molecule has 5 heteroatoms. The van der Waals surface area contributed by atoms with Crippen LogP contribution in [0.3, 0.4) is 0 Å². The van der Waals surface area contributed by atoms with Crippen molar-refractivity contribution in [3.05, 3.63) is 34.9 Å². The predicted octanol–water partition coefficient (Wildman–Crippen LogP) is 1.98. The lowest BCUT2D eigenvalue weighted by Crippen LogP contribution is -2.37. The van der Waals surface area contributed by atoms with Crippen LogP contribution in [0.25, 0.3) is 0 Å². The summed E-state index contributed by atoms with van der Waals surface area (Å²) in [6, 6.07) is 7.27. The van der Waals surface area contributed by atoms with Crippen molar-refractivity contribution >= 4 is 35.4 Å². The Morgan fingerprint density at radius 1 is 1.47 bits per heavy atom. The van der Waals surface area contributed by atoms with Crippen LogP contribution in [0, 0.1) is 0 Å². The molecule has 0 amide bonds. The van der Waals surface area contributed by atoms with E-state index in [4.69, 9.17) is 11.6 Å². The van der Waals surface area contributed by atoms with E-state index in [0.717, 1.165) is 11.4 Å². The highest BCUT2D eigenvalue weighted by atomic mass is 35.5. The van der Waals surface area contributed by atoms with Crippen LogP contribution in [0.15, 0.2) is 24.3 Å². The van der Waals surface area contributed by atoms with Crippen LogP contribution in [-0.4, -0.2) is 34.6 Å². The van der Waals surface area contributed by atoms with Gasteiger partial charge < -0.3 is 0 Å². The largest absolute Gasteiger partial charge is 0.295 e. The topological polar surface area (TPSA) is 37.4 Å². The highest BCUT2D eigenvalue weighted by Gasteiger charge is 2.30. The van der Waals surface area contributed by atoms with Crippen molar-refractivity contribution in [3.8, 4) is 0 Å². The Balaban J connectivity index is 2.05. The van der Waals surface area contributed by atoms with Gasteiger partial charge in [-0.1, -0.05) is 23.7 Å². The number of thioether (sulfide) groups is 1. The predicted molar refractivity (Wildman–Crippen MR) is 69.2 cm³/mol. The quantitative estimate of drug-likeness (QED) is 0.619. The van der Waals surface area contributed by atoms with Gasteiger partial charge >= 0.3 is 0 Å². The molecule has 0 spiro atoms. The zero-order valence-corrected chi connectivity index (χ0v) is 10.7. The number of halogens is 1. The summed E-state index contributed by atoms with van der Waals surface area (Å²) in [5.74, 6) is 1.15. The van der Waals surface area contributed by atoms with E-state index in [1.165, 1.54) is 0 Å². The van der Waals surface area contributed by atoms with E-state index in [1.807, 2.05) is 29.2 Å². The third kappa shape index (κ3) is 3.09. The molecule has 1 aliphatic rings. The Kier molecular flexibility index (Phi) is 4.20. The zero-order valence-electron chi connectivity index (χ0n) is 9.14. The second-order valence-corrected chi connectivity index (χ2v) is 5.35. The van der Waals surface area contributed by atoms with Crippen molar-refractivity contribution in [1.29, 1.82) is 0 Å².